The zero-order valence-electron chi connectivity index (χ0n) is 13.5. The molecular weight excluding hydrogens is 353 g/mol. The third kappa shape index (κ3) is 3.43. The van der Waals surface area contributed by atoms with Gasteiger partial charge in [-0.15, -0.1) is 11.3 Å². The molecule has 0 saturated heterocycles. The first kappa shape index (κ1) is 16.3. The highest BCUT2D eigenvalue weighted by Crippen LogP contribution is 2.26. The summed E-state index contributed by atoms with van der Waals surface area (Å²) in [6.07, 6.45) is 0. The van der Waals surface area contributed by atoms with E-state index in [1.807, 2.05) is 23.6 Å². The molecule has 0 aliphatic heterocycles. The summed E-state index contributed by atoms with van der Waals surface area (Å²) in [6.45, 7) is -0.275. The molecule has 4 rings (SSSR count). The Kier molecular flexibility index (Phi) is 4.37. The first-order chi connectivity index (χ1) is 12.7. The van der Waals surface area contributed by atoms with Crippen molar-refractivity contribution in [1.82, 2.24) is 9.97 Å². The zero-order chi connectivity index (χ0) is 17.9. The molecule has 0 unspecified atom stereocenters. The van der Waals surface area contributed by atoms with Crippen LogP contribution in [-0.2, 0) is 4.79 Å². The number of carbonyl (C=O) groups excluding carboxylic acids is 1. The molecule has 130 valence electrons. The van der Waals surface area contributed by atoms with E-state index in [9.17, 15) is 9.18 Å². The number of rotatable bonds is 5. The number of ether oxygens (including phenoxy) is 1. The lowest BCUT2D eigenvalue weighted by Gasteiger charge is -2.08. The van der Waals surface area contributed by atoms with Crippen molar-refractivity contribution in [2.45, 2.75) is 0 Å². The van der Waals surface area contributed by atoms with Gasteiger partial charge in [-0.1, -0.05) is 18.2 Å². The third-order valence-corrected chi connectivity index (χ3v) is 4.59. The van der Waals surface area contributed by atoms with Crippen LogP contribution in [-0.4, -0.2) is 22.5 Å². The van der Waals surface area contributed by atoms with Crippen molar-refractivity contribution in [2.24, 2.45) is 0 Å². The van der Waals surface area contributed by atoms with Gasteiger partial charge in [0, 0.05) is 5.69 Å². The normalized spacial score (nSPS) is 10.8. The number of carbonyl (C=O) groups is 1. The molecule has 0 aliphatic carbocycles. The van der Waals surface area contributed by atoms with Gasteiger partial charge >= 0.3 is 0 Å². The van der Waals surface area contributed by atoms with Crippen LogP contribution in [0.4, 0.5) is 10.1 Å². The molecule has 0 atom stereocenters. The van der Waals surface area contributed by atoms with Crippen LogP contribution in [0.1, 0.15) is 0 Å². The van der Waals surface area contributed by atoms with Gasteiger partial charge in [-0.2, -0.15) is 0 Å². The highest BCUT2D eigenvalue weighted by molar-refractivity contribution is 7.13. The van der Waals surface area contributed by atoms with Crippen molar-refractivity contribution in [3.63, 3.8) is 0 Å². The van der Waals surface area contributed by atoms with E-state index < -0.39 is 5.82 Å². The van der Waals surface area contributed by atoms with Crippen LogP contribution in [0.5, 0.6) is 5.75 Å². The lowest BCUT2D eigenvalue weighted by atomic mass is 10.3. The summed E-state index contributed by atoms with van der Waals surface area (Å²) in [5.41, 5.74) is 2.25. The predicted octanol–water partition coefficient (Wildman–Crippen LogP) is 4.45. The van der Waals surface area contributed by atoms with Gasteiger partial charge in [0.2, 0.25) is 0 Å². The lowest BCUT2D eigenvalue weighted by molar-refractivity contribution is -0.118. The number of para-hydroxylation sites is 1. The quantitative estimate of drug-likeness (QED) is 0.548. The van der Waals surface area contributed by atoms with Crippen LogP contribution in [0.3, 0.4) is 0 Å². The number of fused-ring (bicyclic) bond motifs is 1. The highest BCUT2D eigenvalue weighted by Gasteiger charge is 2.09. The highest BCUT2D eigenvalue weighted by atomic mass is 32.1. The van der Waals surface area contributed by atoms with Gasteiger partial charge < -0.3 is 15.0 Å². The minimum absolute atomic E-state index is 0.0484. The Labute approximate surface area is 152 Å². The zero-order valence-corrected chi connectivity index (χ0v) is 14.3. The summed E-state index contributed by atoms with van der Waals surface area (Å²) in [5, 5.41) is 4.73. The van der Waals surface area contributed by atoms with E-state index in [2.05, 4.69) is 15.3 Å². The maximum absolute atomic E-state index is 13.5. The number of imidazole rings is 1. The molecule has 26 heavy (non-hydrogen) atoms. The average Bonchev–Trinajstić information content (AvgIpc) is 3.30. The lowest BCUT2D eigenvalue weighted by Crippen LogP contribution is -2.20. The van der Waals surface area contributed by atoms with Crippen LogP contribution in [0.25, 0.3) is 21.7 Å². The molecule has 0 bridgehead atoms. The number of halogens is 1. The summed E-state index contributed by atoms with van der Waals surface area (Å²) >= 11 is 1.60. The average molecular weight is 367 g/mol. The number of nitrogens with zero attached hydrogens (tertiary/aromatic N) is 1. The summed E-state index contributed by atoms with van der Waals surface area (Å²) in [7, 11) is 0. The minimum Gasteiger partial charge on any atom is -0.481 e. The Hall–Kier alpha value is -3.19. The van der Waals surface area contributed by atoms with Crippen molar-refractivity contribution >= 4 is 34.0 Å². The molecule has 1 amide bonds. The SMILES string of the molecule is O=C(COc1ccccc1F)Nc1ccc2nc(-c3cccs3)[nH]c2c1. The van der Waals surface area contributed by atoms with Crippen LogP contribution >= 0.6 is 11.3 Å². The fraction of sp³-hybridized carbons (Fsp3) is 0.0526. The van der Waals surface area contributed by atoms with Crippen molar-refractivity contribution in [2.75, 3.05) is 11.9 Å². The standard InChI is InChI=1S/C19H14FN3O2S/c20-13-4-1-2-5-16(13)25-11-18(24)21-12-7-8-14-15(10-12)23-19(22-14)17-6-3-9-26-17/h1-10H,11H2,(H,21,24)(H,22,23). The Bertz CT molecular complexity index is 1060. The van der Waals surface area contributed by atoms with Gasteiger partial charge in [-0.3, -0.25) is 4.79 Å². The van der Waals surface area contributed by atoms with Gasteiger partial charge in [0.15, 0.2) is 18.2 Å². The second kappa shape index (κ2) is 6.97. The van der Waals surface area contributed by atoms with E-state index in [1.54, 1.807) is 35.6 Å². The summed E-state index contributed by atoms with van der Waals surface area (Å²) in [4.78, 5) is 20.9. The van der Waals surface area contributed by atoms with Gasteiger partial charge in [0.1, 0.15) is 5.82 Å². The molecule has 5 nitrogen and oxygen atoms in total. The van der Waals surface area contributed by atoms with E-state index in [0.717, 1.165) is 21.7 Å². The number of H-pyrrole nitrogens is 1. The summed E-state index contributed by atoms with van der Waals surface area (Å²) in [6, 6.07) is 15.3. The van der Waals surface area contributed by atoms with Gasteiger partial charge in [0.25, 0.3) is 5.91 Å². The number of aromatic nitrogens is 2. The van der Waals surface area contributed by atoms with E-state index in [4.69, 9.17) is 4.74 Å². The fourth-order valence-electron chi connectivity index (χ4n) is 2.52. The van der Waals surface area contributed by atoms with Gasteiger partial charge in [0.05, 0.1) is 15.9 Å². The second-order valence-electron chi connectivity index (χ2n) is 5.56. The van der Waals surface area contributed by atoms with E-state index in [0.29, 0.717) is 5.69 Å². The number of hydrogen-bond acceptors (Lipinski definition) is 4. The van der Waals surface area contributed by atoms with E-state index >= 15 is 0 Å². The maximum Gasteiger partial charge on any atom is 0.262 e. The summed E-state index contributed by atoms with van der Waals surface area (Å²) < 4.78 is 18.7. The molecule has 0 aliphatic rings. The number of aromatic amines is 1. The molecule has 0 fully saturated rings. The molecule has 0 spiro atoms. The second-order valence-corrected chi connectivity index (χ2v) is 6.51. The predicted molar refractivity (Wildman–Crippen MR) is 99.9 cm³/mol. The Morgan fingerprint density at radius 3 is 2.88 bits per heavy atom. The van der Waals surface area contributed by atoms with E-state index in [1.165, 1.54) is 12.1 Å². The number of thiophene rings is 1. The van der Waals surface area contributed by atoms with Gasteiger partial charge in [-0.25, -0.2) is 9.37 Å². The minimum atomic E-state index is -0.500. The molecular formula is C19H14FN3O2S. The monoisotopic (exact) mass is 367 g/mol. The fourth-order valence-corrected chi connectivity index (χ4v) is 3.19. The molecule has 0 saturated carbocycles. The third-order valence-electron chi connectivity index (χ3n) is 3.72. The molecule has 2 aromatic heterocycles. The van der Waals surface area contributed by atoms with Crippen molar-refractivity contribution in [3.05, 3.63) is 65.8 Å². The number of benzene rings is 2. The van der Waals surface area contributed by atoms with Crippen molar-refractivity contribution in [3.8, 4) is 16.5 Å². The van der Waals surface area contributed by atoms with Crippen molar-refractivity contribution in [1.29, 1.82) is 0 Å². The molecule has 0 radical (unpaired) electrons. The van der Waals surface area contributed by atoms with E-state index in [-0.39, 0.29) is 18.3 Å². The Morgan fingerprint density at radius 2 is 2.08 bits per heavy atom. The molecule has 2 aromatic carbocycles. The van der Waals surface area contributed by atoms with Crippen LogP contribution in [0.2, 0.25) is 0 Å². The molecule has 7 heteroatoms. The van der Waals surface area contributed by atoms with Gasteiger partial charge in [-0.05, 0) is 41.8 Å². The smallest absolute Gasteiger partial charge is 0.262 e. The maximum atomic E-state index is 13.5. The Balaban J connectivity index is 1.45. The number of amides is 1. The van der Waals surface area contributed by atoms with Crippen molar-refractivity contribution < 1.29 is 13.9 Å². The Morgan fingerprint density at radius 1 is 1.19 bits per heavy atom. The van der Waals surface area contributed by atoms with Crippen LogP contribution < -0.4 is 10.1 Å². The molecule has 4 aromatic rings. The van der Waals surface area contributed by atoms with Crippen LogP contribution in [0, 0.1) is 5.82 Å². The molecule has 2 N–H and O–H groups in total. The largest absolute Gasteiger partial charge is 0.481 e. The van der Waals surface area contributed by atoms with Crippen LogP contribution in [0.15, 0.2) is 60.0 Å². The first-order valence-electron chi connectivity index (χ1n) is 7.90. The first-order valence-corrected chi connectivity index (χ1v) is 8.78. The topological polar surface area (TPSA) is 67.0 Å². The number of hydrogen-bond donors (Lipinski definition) is 2. The molecule has 2 heterocycles. The summed E-state index contributed by atoms with van der Waals surface area (Å²) in [5.74, 6) is -0.0282. The number of anilines is 1. The number of nitrogens with one attached hydrogen (secondary N) is 2.